The van der Waals surface area contributed by atoms with Crippen molar-refractivity contribution in [3.63, 3.8) is 0 Å². The molecule has 150 valence electrons. The number of anilines is 1. The monoisotopic (exact) mass is 468 g/mol. The summed E-state index contributed by atoms with van der Waals surface area (Å²) >= 11 is 3.29. The summed E-state index contributed by atoms with van der Waals surface area (Å²) in [5, 5.41) is 18.2. The van der Waals surface area contributed by atoms with Crippen LogP contribution in [0.5, 0.6) is 0 Å². The zero-order valence-electron chi connectivity index (χ0n) is 15.2. The van der Waals surface area contributed by atoms with Gasteiger partial charge in [0.15, 0.2) is 0 Å². The number of nitrogens with zero attached hydrogens (tertiary/aromatic N) is 3. The van der Waals surface area contributed by atoms with Crippen molar-refractivity contribution in [2.75, 3.05) is 5.48 Å². The molecule has 0 aromatic heterocycles. The zero-order chi connectivity index (χ0) is 21.5. The zero-order valence-corrected chi connectivity index (χ0v) is 16.8. The van der Waals surface area contributed by atoms with Gasteiger partial charge in [-0.2, -0.15) is 0 Å². The third kappa shape index (κ3) is 5.32. The number of carbonyl (C=O) groups is 2. The van der Waals surface area contributed by atoms with E-state index in [1.807, 2.05) is 0 Å². The Hall–Kier alpha value is -3.92. The van der Waals surface area contributed by atoms with Crippen molar-refractivity contribution >= 4 is 44.9 Å². The molecule has 0 saturated carbocycles. The number of carbonyl (C=O) groups excluding carboxylic acids is 2. The molecule has 0 aliphatic rings. The molecule has 0 fully saturated rings. The van der Waals surface area contributed by atoms with E-state index in [1.165, 1.54) is 24.3 Å². The van der Waals surface area contributed by atoms with Gasteiger partial charge >= 0.3 is 5.97 Å². The lowest BCUT2D eigenvalue weighted by molar-refractivity contribution is -0.384. The number of amides is 1. The van der Waals surface area contributed by atoms with E-state index in [2.05, 4.69) is 31.6 Å². The van der Waals surface area contributed by atoms with Gasteiger partial charge in [-0.3, -0.25) is 14.9 Å². The van der Waals surface area contributed by atoms with E-state index in [0.29, 0.717) is 21.4 Å². The van der Waals surface area contributed by atoms with Crippen LogP contribution in [0, 0.1) is 10.1 Å². The largest absolute Gasteiger partial charge is 0.362 e. The Morgan fingerprint density at radius 2 is 1.63 bits per heavy atom. The number of nitrogens with one attached hydrogen (secondary N) is 1. The Morgan fingerprint density at radius 1 is 0.967 bits per heavy atom. The number of hydrogen-bond acceptors (Lipinski definition) is 7. The predicted molar refractivity (Wildman–Crippen MR) is 112 cm³/mol. The van der Waals surface area contributed by atoms with E-state index in [9.17, 15) is 19.7 Å². The molecule has 3 aromatic carbocycles. The minimum absolute atomic E-state index is 0.123. The summed E-state index contributed by atoms with van der Waals surface area (Å²) in [6, 6.07) is 18.3. The number of rotatable bonds is 6. The molecule has 9 nitrogen and oxygen atoms in total. The second-order valence-electron chi connectivity index (χ2n) is 5.83. The van der Waals surface area contributed by atoms with Gasteiger partial charge in [0.25, 0.3) is 11.6 Å². The van der Waals surface area contributed by atoms with Gasteiger partial charge in [-0.05, 0) is 64.5 Å². The normalized spacial score (nSPS) is 10.6. The van der Waals surface area contributed by atoms with Gasteiger partial charge in [-0.15, -0.1) is 10.2 Å². The molecular weight excluding hydrogens is 456 g/mol. The maximum absolute atomic E-state index is 12.1. The maximum Gasteiger partial charge on any atom is 0.362 e. The van der Waals surface area contributed by atoms with E-state index >= 15 is 0 Å². The van der Waals surface area contributed by atoms with Crippen LogP contribution in [0.15, 0.2) is 87.5 Å². The maximum atomic E-state index is 12.1. The van der Waals surface area contributed by atoms with Gasteiger partial charge in [0.2, 0.25) is 0 Å². The Kier molecular flexibility index (Phi) is 6.60. The highest BCUT2D eigenvalue weighted by Crippen LogP contribution is 2.20. The van der Waals surface area contributed by atoms with Crippen LogP contribution in [0.2, 0.25) is 0 Å². The standard InChI is InChI=1S/C20H13BrN4O5/c21-18-4-2-1-3-17(18)19(26)23-22-14-7-9-15(10-8-14)24-30-20(27)13-5-11-16(12-6-13)25(28)29/h1-12,24H. The minimum atomic E-state index is -0.701. The molecule has 0 aliphatic heterocycles. The first-order chi connectivity index (χ1) is 14.4. The van der Waals surface area contributed by atoms with E-state index in [4.69, 9.17) is 4.84 Å². The van der Waals surface area contributed by atoms with Crippen LogP contribution in [-0.4, -0.2) is 16.8 Å². The molecule has 0 unspecified atom stereocenters. The second-order valence-corrected chi connectivity index (χ2v) is 6.68. The summed E-state index contributed by atoms with van der Waals surface area (Å²) in [5.41, 5.74) is 3.80. The van der Waals surface area contributed by atoms with Crippen LogP contribution in [-0.2, 0) is 4.84 Å². The molecule has 0 aliphatic carbocycles. The van der Waals surface area contributed by atoms with Gasteiger partial charge in [0, 0.05) is 16.6 Å². The Bertz CT molecular complexity index is 1110. The third-order valence-corrected chi connectivity index (χ3v) is 4.49. The van der Waals surface area contributed by atoms with E-state index in [0.717, 1.165) is 0 Å². The SMILES string of the molecule is O=C(ONc1ccc(N=NC(=O)c2ccccc2Br)cc1)c1ccc([N+](=O)[O-])cc1. The highest BCUT2D eigenvalue weighted by molar-refractivity contribution is 9.10. The van der Waals surface area contributed by atoms with Crippen molar-refractivity contribution in [3.8, 4) is 0 Å². The molecule has 0 radical (unpaired) electrons. The van der Waals surface area contributed by atoms with Crippen molar-refractivity contribution in [2.24, 2.45) is 10.2 Å². The Labute approximate surface area is 178 Å². The number of nitro groups is 1. The quantitative estimate of drug-likeness (QED) is 0.290. The first-order valence-corrected chi connectivity index (χ1v) is 9.25. The van der Waals surface area contributed by atoms with E-state index < -0.39 is 16.8 Å². The molecule has 3 aromatic rings. The lowest BCUT2D eigenvalue weighted by Gasteiger charge is -2.06. The second kappa shape index (κ2) is 9.52. The van der Waals surface area contributed by atoms with Gasteiger partial charge in [-0.1, -0.05) is 12.1 Å². The van der Waals surface area contributed by atoms with Gasteiger partial charge in [0.05, 0.1) is 27.4 Å². The Morgan fingerprint density at radius 3 is 2.27 bits per heavy atom. The van der Waals surface area contributed by atoms with Gasteiger partial charge in [0.1, 0.15) is 0 Å². The summed E-state index contributed by atoms with van der Waals surface area (Å²) in [6.45, 7) is 0. The van der Waals surface area contributed by atoms with Crippen LogP contribution < -0.4 is 5.48 Å². The first-order valence-electron chi connectivity index (χ1n) is 8.46. The number of benzene rings is 3. The van der Waals surface area contributed by atoms with Crippen molar-refractivity contribution in [1.82, 2.24) is 0 Å². The average Bonchev–Trinajstić information content (AvgIpc) is 2.77. The van der Waals surface area contributed by atoms with E-state index in [-0.39, 0.29) is 11.3 Å². The first kappa shape index (κ1) is 20.8. The molecule has 1 N–H and O–H groups in total. The van der Waals surface area contributed by atoms with Crippen LogP contribution in [0.1, 0.15) is 20.7 Å². The van der Waals surface area contributed by atoms with Gasteiger partial charge in [-0.25, -0.2) is 10.3 Å². The number of azo groups is 1. The summed E-state index contributed by atoms with van der Waals surface area (Å²) < 4.78 is 0.628. The van der Waals surface area contributed by atoms with Crippen LogP contribution >= 0.6 is 15.9 Å². The van der Waals surface area contributed by atoms with Crippen molar-refractivity contribution in [2.45, 2.75) is 0 Å². The van der Waals surface area contributed by atoms with Crippen LogP contribution in [0.4, 0.5) is 17.1 Å². The molecule has 3 rings (SSSR count). The highest BCUT2D eigenvalue weighted by Gasteiger charge is 2.11. The Balaban J connectivity index is 1.56. The molecule has 0 saturated heterocycles. The summed E-state index contributed by atoms with van der Waals surface area (Å²) in [7, 11) is 0. The van der Waals surface area contributed by atoms with Crippen molar-refractivity contribution in [1.29, 1.82) is 0 Å². The number of hydrogen-bond donors (Lipinski definition) is 1. The molecule has 0 spiro atoms. The summed E-state index contributed by atoms with van der Waals surface area (Å²) in [5.74, 6) is -1.19. The molecule has 0 bridgehead atoms. The number of non-ortho nitro benzene ring substituents is 1. The molecule has 30 heavy (non-hydrogen) atoms. The van der Waals surface area contributed by atoms with E-state index in [1.54, 1.807) is 48.5 Å². The molecular formula is C20H13BrN4O5. The lowest BCUT2D eigenvalue weighted by atomic mass is 10.2. The van der Waals surface area contributed by atoms with Crippen molar-refractivity contribution < 1.29 is 19.3 Å². The summed E-state index contributed by atoms with van der Waals surface area (Å²) in [4.78, 5) is 39.1. The van der Waals surface area contributed by atoms with Crippen LogP contribution in [0.25, 0.3) is 0 Å². The molecule has 0 atom stereocenters. The fourth-order valence-electron chi connectivity index (χ4n) is 2.27. The van der Waals surface area contributed by atoms with Crippen molar-refractivity contribution in [3.05, 3.63) is 98.5 Å². The lowest BCUT2D eigenvalue weighted by Crippen LogP contribution is -2.10. The molecule has 1 amide bonds. The highest BCUT2D eigenvalue weighted by atomic mass is 79.9. The third-order valence-electron chi connectivity index (χ3n) is 3.80. The average molecular weight is 469 g/mol. The smallest absolute Gasteiger partial charge is 0.338 e. The van der Waals surface area contributed by atoms with Gasteiger partial charge < -0.3 is 4.84 Å². The molecule has 10 heteroatoms. The fraction of sp³-hybridized carbons (Fsp3) is 0. The topological polar surface area (TPSA) is 123 Å². The summed E-state index contributed by atoms with van der Waals surface area (Å²) in [6.07, 6.45) is 0. The molecule has 0 heterocycles. The van der Waals surface area contributed by atoms with Crippen LogP contribution in [0.3, 0.4) is 0 Å². The fourth-order valence-corrected chi connectivity index (χ4v) is 2.73. The predicted octanol–water partition coefficient (Wildman–Crippen LogP) is 5.47. The number of nitro benzene ring substituents is 1. The number of halogens is 1. The minimum Gasteiger partial charge on any atom is -0.338 e.